The number of rotatable bonds is 6. The molecule has 1 N–H and O–H groups in total. The average Bonchev–Trinajstić information content (AvgIpc) is 3.57. The lowest BCUT2D eigenvalue weighted by atomic mass is 9.97. The molecular weight excluding hydrogens is 437 g/mol. The molecule has 10 heteroatoms. The van der Waals surface area contributed by atoms with Crippen molar-refractivity contribution in [2.24, 2.45) is 7.05 Å². The Bertz CT molecular complexity index is 1340. The lowest BCUT2D eigenvalue weighted by molar-refractivity contribution is -0.138. The first-order chi connectivity index (χ1) is 15.5. The van der Waals surface area contributed by atoms with Crippen LogP contribution in [-0.4, -0.2) is 21.0 Å². The molecule has 0 bridgehead atoms. The van der Waals surface area contributed by atoms with Crippen LogP contribution in [0.3, 0.4) is 0 Å². The van der Waals surface area contributed by atoms with Crippen molar-refractivity contribution in [3.63, 3.8) is 0 Å². The number of aryl methyl sites for hydroxylation is 1. The van der Waals surface area contributed by atoms with E-state index in [1.165, 1.54) is 20.0 Å². The van der Waals surface area contributed by atoms with Crippen molar-refractivity contribution in [1.29, 1.82) is 0 Å². The third-order valence-electron chi connectivity index (χ3n) is 5.94. The summed E-state index contributed by atoms with van der Waals surface area (Å²) in [6.45, 7) is 5.08. The molecule has 2 aromatic heterocycles. The van der Waals surface area contributed by atoms with Gasteiger partial charge in [0, 0.05) is 19.3 Å². The quantitative estimate of drug-likeness (QED) is 0.590. The van der Waals surface area contributed by atoms with Crippen LogP contribution in [0.15, 0.2) is 34.0 Å². The molecule has 0 unspecified atom stereocenters. The Balaban J connectivity index is 1.88. The Morgan fingerprint density at radius 3 is 2.55 bits per heavy atom. The highest BCUT2D eigenvalue weighted by Crippen LogP contribution is 2.37. The van der Waals surface area contributed by atoms with Crippen LogP contribution in [0.5, 0.6) is 5.75 Å². The Labute approximate surface area is 187 Å². The lowest BCUT2D eigenvalue weighted by Crippen LogP contribution is -2.28. The molecule has 0 aliphatic heterocycles. The van der Waals surface area contributed by atoms with Gasteiger partial charge in [-0.25, -0.2) is 4.68 Å². The summed E-state index contributed by atoms with van der Waals surface area (Å²) in [5.74, 6) is 0.252. The van der Waals surface area contributed by atoms with Gasteiger partial charge in [0.05, 0.1) is 23.6 Å². The van der Waals surface area contributed by atoms with Crippen LogP contribution in [0.4, 0.5) is 19.0 Å². The summed E-state index contributed by atoms with van der Waals surface area (Å²) in [6.07, 6.45) is -1.18. The first-order valence-electron chi connectivity index (χ1n) is 10.8. The zero-order valence-electron chi connectivity index (χ0n) is 18.8. The fourth-order valence-corrected chi connectivity index (χ4v) is 4.13. The summed E-state index contributed by atoms with van der Waals surface area (Å²) in [5.41, 5.74) is -0.990. The minimum absolute atomic E-state index is 0.0288. The third kappa shape index (κ3) is 4.09. The van der Waals surface area contributed by atoms with E-state index in [1.54, 1.807) is 30.7 Å². The fourth-order valence-electron chi connectivity index (χ4n) is 4.13. The largest absolute Gasteiger partial charge is 0.488 e. The number of aromatic nitrogens is 3. The number of hydrogen-bond donors (Lipinski definition) is 1. The molecule has 1 aliphatic rings. The van der Waals surface area contributed by atoms with Gasteiger partial charge in [-0.15, -0.1) is 0 Å². The smallest absolute Gasteiger partial charge is 0.416 e. The van der Waals surface area contributed by atoms with Gasteiger partial charge in [-0.2, -0.15) is 18.3 Å². The summed E-state index contributed by atoms with van der Waals surface area (Å²) >= 11 is 0. The number of alkyl halides is 3. The van der Waals surface area contributed by atoms with Crippen LogP contribution in [0.2, 0.25) is 0 Å². The number of anilines is 1. The molecule has 0 radical (unpaired) electrons. The Hall–Kier alpha value is -3.30. The summed E-state index contributed by atoms with van der Waals surface area (Å²) in [6, 6.07) is 3.51. The number of hydrogen-bond acceptors (Lipinski definition) is 5. The van der Waals surface area contributed by atoms with Gasteiger partial charge >= 0.3 is 6.18 Å². The van der Waals surface area contributed by atoms with Gasteiger partial charge < -0.3 is 14.6 Å². The number of halogens is 3. The summed E-state index contributed by atoms with van der Waals surface area (Å²) in [7, 11) is 1.45. The molecule has 0 saturated heterocycles. The van der Waals surface area contributed by atoms with Gasteiger partial charge in [0.15, 0.2) is 11.6 Å². The normalized spacial score (nSPS) is 15.0. The lowest BCUT2D eigenvalue weighted by Gasteiger charge is -2.22. The zero-order chi connectivity index (χ0) is 24.1. The van der Waals surface area contributed by atoms with Crippen LogP contribution in [0, 0.1) is 6.92 Å². The molecule has 4 rings (SSSR count). The van der Waals surface area contributed by atoms with Crippen molar-refractivity contribution in [3.8, 4) is 5.75 Å². The average molecular weight is 462 g/mol. The van der Waals surface area contributed by atoms with Crippen molar-refractivity contribution in [1.82, 2.24) is 14.3 Å². The molecule has 1 saturated carbocycles. The van der Waals surface area contributed by atoms with Crippen molar-refractivity contribution in [2.75, 3.05) is 11.9 Å². The maximum Gasteiger partial charge on any atom is 0.416 e. The molecule has 2 heterocycles. The third-order valence-corrected chi connectivity index (χ3v) is 5.94. The molecule has 0 amide bonds. The van der Waals surface area contributed by atoms with Crippen LogP contribution in [0.1, 0.15) is 55.5 Å². The predicted octanol–water partition coefficient (Wildman–Crippen LogP) is 4.33. The van der Waals surface area contributed by atoms with E-state index in [9.17, 15) is 22.8 Å². The first kappa shape index (κ1) is 22.9. The van der Waals surface area contributed by atoms with E-state index in [-0.39, 0.29) is 40.7 Å². The van der Waals surface area contributed by atoms with E-state index in [1.807, 2.05) is 0 Å². The molecule has 0 spiro atoms. The molecule has 7 nitrogen and oxygen atoms in total. The summed E-state index contributed by atoms with van der Waals surface area (Å²) < 4.78 is 48.4. The Kier molecular flexibility index (Phi) is 5.71. The van der Waals surface area contributed by atoms with Crippen molar-refractivity contribution >= 4 is 16.6 Å². The highest BCUT2D eigenvalue weighted by Gasteiger charge is 2.33. The van der Waals surface area contributed by atoms with E-state index in [4.69, 9.17) is 4.74 Å². The minimum Gasteiger partial charge on any atom is -0.488 e. The van der Waals surface area contributed by atoms with E-state index in [0.717, 1.165) is 23.6 Å². The zero-order valence-corrected chi connectivity index (χ0v) is 18.8. The number of ether oxygens (including phenoxy) is 1. The van der Waals surface area contributed by atoms with E-state index in [2.05, 4.69) is 10.4 Å². The van der Waals surface area contributed by atoms with Crippen LogP contribution >= 0.6 is 0 Å². The van der Waals surface area contributed by atoms with Crippen LogP contribution in [0.25, 0.3) is 10.8 Å². The van der Waals surface area contributed by atoms with E-state index < -0.39 is 23.3 Å². The van der Waals surface area contributed by atoms with E-state index >= 15 is 0 Å². The maximum absolute atomic E-state index is 13.4. The van der Waals surface area contributed by atoms with Crippen LogP contribution < -0.4 is 21.2 Å². The molecular formula is C23H25F3N4O3. The van der Waals surface area contributed by atoms with E-state index in [0.29, 0.717) is 10.9 Å². The predicted molar refractivity (Wildman–Crippen MR) is 119 cm³/mol. The number of nitrogens with one attached hydrogen (secondary N) is 1. The van der Waals surface area contributed by atoms with Gasteiger partial charge in [-0.3, -0.25) is 9.59 Å². The molecule has 1 aromatic carbocycles. The minimum atomic E-state index is -4.46. The number of benzene rings is 1. The second-order valence-corrected chi connectivity index (χ2v) is 8.28. The Morgan fingerprint density at radius 1 is 1.24 bits per heavy atom. The molecule has 33 heavy (non-hydrogen) atoms. The van der Waals surface area contributed by atoms with Gasteiger partial charge in [0.2, 0.25) is 0 Å². The van der Waals surface area contributed by atoms with Gasteiger partial charge in [-0.05, 0) is 50.8 Å². The SMILES string of the molecule is CCOc1c(=O)n(C2CC2)cc2c(N[C@H](C)c3cccc(C(F)(F)F)c3C)nn(C)c(=O)c12. The standard InChI is InChI=1S/C23H25F3N4O3/c1-5-33-19-18-16(11-30(22(19)32)14-9-10-14)20(28-29(4)21(18)31)27-13(3)15-7-6-8-17(12(15)2)23(24,25)26/h6-8,11,13-14H,5,9-10H2,1-4H3,(H,27,28)/t13-/m1/s1. The first-order valence-corrected chi connectivity index (χ1v) is 10.8. The van der Waals surface area contributed by atoms with Gasteiger partial charge in [0.1, 0.15) is 5.39 Å². The van der Waals surface area contributed by atoms with Crippen molar-refractivity contribution in [2.45, 2.75) is 51.9 Å². The monoisotopic (exact) mass is 462 g/mol. The second kappa shape index (κ2) is 8.24. The second-order valence-electron chi connectivity index (χ2n) is 8.28. The van der Waals surface area contributed by atoms with Crippen molar-refractivity contribution < 1.29 is 17.9 Å². The molecule has 176 valence electrons. The summed E-state index contributed by atoms with van der Waals surface area (Å²) in [4.78, 5) is 25.9. The number of nitrogens with zero attached hydrogens (tertiary/aromatic N) is 3. The Morgan fingerprint density at radius 2 is 1.94 bits per heavy atom. The highest BCUT2D eigenvalue weighted by atomic mass is 19.4. The fraction of sp³-hybridized carbons (Fsp3) is 0.435. The maximum atomic E-state index is 13.4. The number of pyridine rings is 1. The number of fused-ring (bicyclic) bond motifs is 1. The van der Waals surface area contributed by atoms with Gasteiger partial charge in [0.25, 0.3) is 11.1 Å². The molecule has 1 aliphatic carbocycles. The topological polar surface area (TPSA) is 78.2 Å². The molecule has 1 fully saturated rings. The van der Waals surface area contributed by atoms with Crippen LogP contribution in [-0.2, 0) is 13.2 Å². The summed E-state index contributed by atoms with van der Waals surface area (Å²) in [5, 5.41) is 7.97. The molecule has 3 aromatic rings. The highest BCUT2D eigenvalue weighted by molar-refractivity contribution is 5.94. The molecule has 1 atom stereocenters. The van der Waals surface area contributed by atoms with Gasteiger partial charge in [-0.1, -0.05) is 12.1 Å². The van der Waals surface area contributed by atoms with Crippen molar-refractivity contribution in [3.05, 3.63) is 61.8 Å².